The maximum atomic E-state index is 11.5. The minimum absolute atomic E-state index is 0.0736. The number of unbranched alkanes of at least 4 members (excludes halogenated alkanes) is 8. The third-order valence-corrected chi connectivity index (χ3v) is 4.58. The van der Waals surface area contributed by atoms with E-state index in [4.69, 9.17) is 8.85 Å². The lowest BCUT2D eigenvalue weighted by atomic mass is 10.1. The Balaban J connectivity index is 3.23. The zero-order chi connectivity index (χ0) is 14.3. The van der Waals surface area contributed by atoms with Gasteiger partial charge in [0.1, 0.15) is 0 Å². The van der Waals surface area contributed by atoms with E-state index in [0.717, 1.165) is 12.8 Å². The molecule has 0 aliphatic carbocycles. The number of hydrogen-bond donors (Lipinski definition) is 0. The summed E-state index contributed by atoms with van der Waals surface area (Å²) in [6, 6.07) is 0. The molecule has 0 spiro atoms. The van der Waals surface area contributed by atoms with Gasteiger partial charge in [0.15, 0.2) is 0 Å². The summed E-state index contributed by atoms with van der Waals surface area (Å²) >= 11 is 0. The SMILES string of the molecule is CCCCCCCCCCCC(=O)O[SiH](C)OCC. The van der Waals surface area contributed by atoms with Gasteiger partial charge in [-0.3, -0.25) is 4.79 Å². The molecule has 0 rings (SSSR count). The highest BCUT2D eigenvalue weighted by atomic mass is 28.3. The molecular weight excluding hydrogens is 256 g/mol. The predicted molar refractivity (Wildman–Crippen MR) is 82.6 cm³/mol. The molecule has 3 nitrogen and oxygen atoms in total. The van der Waals surface area contributed by atoms with E-state index in [1.54, 1.807) is 0 Å². The predicted octanol–water partition coefficient (Wildman–Crippen LogP) is 4.34. The monoisotopic (exact) mass is 288 g/mol. The first-order valence-electron chi connectivity index (χ1n) is 8.01. The molecule has 0 aromatic heterocycles. The Morgan fingerprint density at radius 2 is 1.42 bits per heavy atom. The summed E-state index contributed by atoms with van der Waals surface area (Å²) < 4.78 is 10.5. The zero-order valence-electron chi connectivity index (χ0n) is 13.1. The number of carbonyl (C=O) groups is 1. The van der Waals surface area contributed by atoms with Gasteiger partial charge in [-0.15, -0.1) is 0 Å². The Bertz CT molecular complexity index is 210. The van der Waals surface area contributed by atoms with Crippen molar-refractivity contribution >= 4 is 15.3 Å². The van der Waals surface area contributed by atoms with E-state index in [-0.39, 0.29) is 5.97 Å². The molecule has 0 heterocycles. The molecule has 0 bridgehead atoms. The smallest absolute Gasteiger partial charge is 0.382 e. The first-order chi connectivity index (χ1) is 9.20. The molecule has 0 saturated heterocycles. The molecule has 0 aromatic rings. The molecular formula is C15H32O3Si. The van der Waals surface area contributed by atoms with Crippen LogP contribution in [-0.2, 0) is 13.6 Å². The van der Waals surface area contributed by atoms with Crippen LogP contribution in [0.1, 0.15) is 78.1 Å². The second kappa shape index (κ2) is 14.1. The second-order valence-corrected chi connectivity index (χ2v) is 6.80. The molecule has 114 valence electrons. The Morgan fingerprint density at radius 1 is 0.895 bits per heavy atom. The Labute approximate surface area is 120 Å². The highest BCUT2D eigenvalue weighted by molar-refractivity contribution is 6.44. The molecule has 0 radical (unpaired) electrons. The van der Waals surface area contributed by atoms with Gasteiger partial charge in [-0.05, 0) is 19.9 Å². The Kier molecular flexibility index (Phi) is 13.8. The van der Waals surface area contributed by atoms with Crippen molar-refractivity contribution in [3.63, 3.8) is 0 Å². The summed E-state index contributed by atoms with van der Waals surface area (Å²) in [6.45, 7) is 6.71. The summed E-state index contributed by atoms with van der Waals surface area (Å²) in [5, 5.41) is 0. The highest BCUT2D eigenvalue weighted by Crippen LogP contribution is 2.10. The van der Waals surface area contributed by atoms with Crippen LogP contribution in [0.25, 0.3) is 0 Å². The fourth-order valence-electron chi connectivity index (χ4n) is 2.09. The van der Waals surface area contributed by atoms with Crippen LogP contribution >= 0.6 is 0 Å². The van der Waals surface area contributed by atoms with Crippen molar-refractivity contribution in [3.05, 3.63) is 0 Å². The van der Waals surface area contributed by atoms with Crippen LogP contribution in [0.2, 0.25) is 6.55 Å². The topological polar surface area (TPSA) is 35.5 Å². The van der Waals surface area contributed by atoms with E-state index in [0.29, 0.717) is 13.0 Å². The fourth-order valence-corrected chi connectivity index (χ4v) is 3.12. The third-order valence-electron chi connectivity index (χ3n) is 3.18. The molecule has 1 atom stereocenters. The van der Waals surface area contributed by atoms with Crippen molar-refractivity contribution in [3.8, 4) is 0 Å². The largest absolute Gasteiger partial charge is 0.497 e. The van der Waals surface area contributed by atoms with E-state index >= 15 is 0 Å². The summed E-state index contributed by atoms with van der Waals surface area (Å²) in [5.41, 5.74) is 0. The lowest BCUT2D eigenvalue weighted by Crippen LogP contribution is -2.22. The minimum Gasteiger partial charge on any atom is -0.497 e. The molecule has 0 aromatic carbocycles. The van der Waals surface area contributed by atoms with E-state index in [9.17, 15) is 4.79 Å². The second-order valence-electron chi connectivity index (χ2n) is 5.09. The highest BCUT2D eigenvalue weighted by Gasteiger charge is 2.10. The van der Waals surface area contributed by atoms with Crippen LogP contribution in [0.15, 0.2) is 0 Å². The molecule has 0 saturated carbocycles. The van der Waals surface area contributed by atoms with Gasteiger partial charge in [0.25, 0.3) is 5.97 Å². The summed E-state index contributed by atoms with van der Waals surface area (Å²) in [4.78, 5) is 11.5. The summed E-state index contributed by atoms with van der Waals surface area (Å²) in [7, 11) is -1.69. The minimum atomic E-state index is -1.69. The van der Waals surface area contributed by atoms with Gasteiger partial charge in [-0.1, -0.05) is 58.3 Å². The molecule has 19 heavy (non-hydrogen) atoms. The Morgan fingerprint density at radius 3 is 1.95 bits per heavy atom. The van der Waals surface area contributed by atoms with Gasteiger partial charge in [0, 0.05) is 13.0 Å². The molecule has 0 fully saturated rings. The van der Waals surface area contributed by atoms with Crippen molar-refractivity contribution in [2.45, 2.75) is 84.6 Å². The van der Waals surface area contributed by atoms with Gasteiger partial charge in [0.05, 0.1) is 0 Å². The Hall–Kier alpha value is -0.353. The molecule has 0 N–H and O–H groups in total. The van der Waals surface area contributed by atoms with E-state index in [1.807, 2.05) is 13.5 Å². The van der Waals surface area contributed by atoms with Gasteiger partial charge in [-0.2, -0.15) is 0 Å². The maximum absolute atomic E-state index is 11.5. The lowest BCUT2D eigenvalue weighted by Gasteiger charge is -2.11. The zero-order valence-corrected chi connectivity index (χ0v) is 14.2. The van der Waals surface area contributed by atoms with E-state index in [2.05, 4.69) is 6.92 Å². The van der Waals surface area contributed by atoms with E-state index in [1.165, 1.54) is 44.9 Å². The maximum Gasteiger partial charge on any atom is 0.382 e. The van der Waals surface area contributed by atoms with Gasteiger partial charge < -0.3 is 8.85 Å². The normalized spacial score (nSPS) is 12.4. The van der Waals surface area contributed by atoms with E-state index < -0.39 is 9.28 Å². The average molecular weight is 289 g/mol. The van der Waals surface area contributed by atoms with Crippen molar-refractivity contribution in [1.82, 2.24) is 0 Å². The lowest BCUT2D eigenvalue weighted by molar-refractivity contribution is -0.136. The molecule has 0 amide bonds. The first kappa shape index (κ1) is 18.6. The van der Waals surface area contributed by atoms with Crippen LogP contribution in [0.4, 0.5) is 0 Å². The van der Waals surface area contributed by atoms with Crippen LogP contribution in [-0.4, -0.2) is 21.9 Å². The van der Waals surface area contributed by atoms with Gasteiger partial charge in [0.2, 0.25) is 0 Å². The number of rotatable bonds is 13. The summed E-state index contributed by atoms with van der Waals surface area (Å²) in [5.74, 6) is -0.0736. The van der Waals surface area contributed by atoms with Crippen LogP contribution in [0.3, 0.4) is 0 Å². The first-order valence-corrected chi connectivity index (χ1v) is 10.1. The quantitative estimate of drug-likeness (QED) is 0.373. The third kappa shape index (κ3) is 13.9. The number of carbonyl (C=O) groups excluding carboxylic acids is 1. The molecule has 4 heteroatoms. The van der Waals surface area contributed by atoms with Crippen molar-refractivity contribution in [1.29, 1.82) is 0 Å². The number of hydrogen-bond acceptors (Lipinski definition) is 3. The average Bonchev–Trinajstić information content (AvgIpc) is 2.37. The van der Waals surface area contributed by atoms with Gasteiger partial charge in [-0.25, -0.2) is 0 Å². The van der Waals surface area contributed by atoms with Crippen molar-refractivity contribution in [2.24, 2.45) is 0 Å². The van der Waals surface area contributed by atoms with Crippen LogP contribution < -0.4 is 0 Å². The molecule has 0 aliphatic rings. The van der Waals surface area contributed by atoms with Crippen LogP contribution in [0.5, 0.6) is 0 Å². The molecule has 0 aliphatic heterocycles. The fraction of sp³-hybridized carbons (Fsp3) is 0.933. The van der Waals surface area contributed by atoms with Crippen LogP contribution in [0, 0.1) is 0 Å². The van der Waals surface area contributed by atoms with Crippen molar-refractivity contribution in [2.75, 3.05) is 6.61 Å². The summed E-state index contributed by atoms with van der Waals surface area (Å²) in [6.07, 6.45) is 12.0. The van der Waals surface area contributed by atoms with Gasteiger partial charge >= 0.3 is 9.28 Å². The van der Waals surface area contributed by atoms with Crippen molar-refractivity contribution < 1.29 is 13.6 Å². The standard InChI is InChI=1S/C15H32O3Si/c1-4-6-7-8-9-10-11-12-13-14-15(16)18-19(3)17-5-2/h19H,4-14H2,1-3H3. The molecule has 1 unspecified atom stereocenters.